The van der Waals surface area contributed by atoms with Gasteiger partial charge >= 0.3 is 0 Å². The first kappa shape index (κ1) is 23.4. The van der Waals surface area contributed by atoms with Gasteiger partial charge in [-0.05, 0) is 59.3 Å². The zero-order valence-corrected chi connectivity index (χ0v) is 17.7. The van der Waals surface area contributed by atoms with Crippen LogP contribution in [0.4, 0.5) is 30.7 Å². The van der Waals surface area contributed by atoms with Crippen LogP contribution in [0.3, 0.4) is 0 Å². The maximum atomic E-state index is 14.6. The Kier molecular flexibility index (Phi) is 6.34. The minimum atomic E-state index is -1.81. The molecule has 0 unspecified atom stereocenters. The Bertz CT molecular complexity index is 1470. The highest BCUT2D eigenvalue weighted by atomic mass is 19.2. The second kappa shape index (κ2) is 9.22. The molecule has 34 heavy (non-hydrogen) atoms. The second-order valence-electron chi connectivity index (χ2n) is 7.67. The van der Waals surface area contributed by atoms with E-state index in [2.05, 4.69) is 11.8 Å². The van der Waals surface area contributed by atoms with Gasteiger partial charge in [-0.3, -0.25) is 0 Å². The Balaban J connectivity index is 1.72. The van der Waals surface area contributed by atoms with Crippen molar-refractivity contribution >= 4 is 10.8 Å². The molecule has 0 heterocycles. The molecule has 0 saturated heterocycles. The van der Waals surface area contributed by atoms with Crippen LogP contribution >= 0.6 is 0 Å². The molecule has 172 valence electrons. The van der Waals surface area contributed by atoms with Gasteiger partial charge in [0, 0.05) is 11.1 Å². The van der Waals surface area contributed by atoms with Crippen LogP contribution in [0.5, 0.6) is 0 Å². The van der Waals surface area contributed by atoms with E-state index in [4.69, 9.17) is 0 Å². The van der Waals surface area contributed by atoms with Crippen molar-refractivity contribution in [1.29, 1.82) is 0 Å². The number of halogens is 7. The van der Waals surface area contributed by atoms with Crippen molar-refractivity contribution in [2.24, 2.45) is 0 Å². The monoisotopic (exact) mass is 472 g/mol. The fourth-order valence-electron chi connectivity index (χ4n) is 3.68. The van der Waals surface area contributed by atoms with Crippen molar-refractivity contribution in [2.75, 3.05) is 0 Å². The van der Waals surface area contributed by atoms with Crippen LogP contribution in [0.15, 0.2) is 48.5 Å². The van der Waals surface area contributed by atoms with Gasteiger partial charge in [-0.2, -0.15) is 0 Å². The Morgan fingerprint density at radius 2 is 1.35 bits per heavy atom. The summed E-state index contributed by atoms with van der Waals surface area (Å²) >= 11 is 0. The first-order valence-corrected chi connectivity index (χ1v) is 10.3. The molecule has 0 atom stereocenters. The highest BCUT2D eigenvalue weighted by molar-refractivity contribution is 5.85. The lowest BCUT2D eigenvalue weighted by Gasteiger charge is -2.08. The molecule has 0 fully saturated rings. The van der Waals surface area contributed by atoms with Crippen molar-refractivity contribution in [1.82, 2.24) is 0 Å². The fourth-order valence-corrected chi connectivity index (χ4v) is 3.68. The third-order valence-electron chi connectivity index (χ3n) is 5.28. The Labute approximate surface area is 190 Å². The van der Waals surface area contributed by atoms with Gasteiger partial charge in [0.25, 0.3) is 0 Å². The van der Waals surface area contributed by atoms with Gasteiger partial charge in [-0.25, -0.2) is 30.7 Å². The molecular formula is C27H15F7. The van der Waals surface area contributed by atoms with Gasteiger partial charge in [0.2, 0.25) is 0 Å². The first-order valence-electron chi connectivity index (χ1n) is 10.3. The first-order chi connectivity index (χ1) is 16.2. The van der Waals surface area contributed by atoms with E-state index in [0.29, 0.717) is 12.5 Å². The van der Waals surface area contributed by atoms with E-state index in [-0.39, 0.29) is 22.1 Å². The fraction of sp³-hybridized carbons (Fsp3) is 0.111. The highest BCUT2D eigenvalue weighted by Gasteiger charge is 2.18. The van der Waals surface area contributed by atoms with E-state index < -0.39 is 51.7 Å². The smallest absolute Gasteiger partial charge is 0.195 e. The average Bonchev–Trinajstić information content (AvgIpc) is 2.77. The van der Waals surface area contributed by atoms with Crippen molar-refractivity contribution in [3.8, 4) is 23.0 Å². The highest BCUT2D eigenvalue weighted by Crippen LogP contribution is 2.29. The third-order valence-corrected chi connectivity index (χ3v) is 5.28. The maximum absolute atomic E-state index is 14.6. The quantitative estimate of drug-likeness (QED) is 0.162. The molecule has 4 rings (SSSR count). The topological polar surface area (TPSA) is 0 Å². The van der Waals surface area contributed by atoms with Crippen LogP contribution in [0.1, 0.15) is 30.0 Å². The molecule has 0 N–H and O–H groups in total. The summed E-state index contributed by atoms with van der Waals surface area (Å²) < 4.78 is 98.7. The number of hydrogen-bond donors (Lipinski definition) is 0. The number of benzene rings is 4. The van der Waals surface area contributed by atoms with E-state index >= 15 is 0 Å². The van der Waals surface area contributed by atoms with Crippen molar-refractivity contribution < 1.29 is 30.7 Å². The normalized spacial score (nSPS) is 10.9. The van der Waals surface area contributed by atoms with E-state index in [0.717, 1.165) is 36.2 Å². The van der Waals surface area contributed by atoms with Crippen molar-refractivity contribution in [3.05, 3.63) is 106 Å². The SMILES string of the molecule is CCCc1ccc(-c2cc(F)c(C#Cc3cc(F)c4c(F)c(F)c(F)cc4c3)c(F)c2)c(F)c1. The molecule has 0 saturated carbocycles. The van der Waals surface area contributed by atoms with E-state index in [1.807, 2.05) is 6.92 Å². The molecule has 4 aromatic carbocycles. The van der Waals surface area contributed by atoms with Crippen molar-refractivity contribution in [2.45, 2.75) is 19.8 Å². The summed E-state index contributed by atoms with van der Waals surface area (Å²) in [5.41, 5.74) is -0.0345. The molecule has 0 spiro atoms. The summed E-state index contributed by atoms with van der Waals surface area (Å²) in [6, 6.07) is 8.70. The van der Waals surface area contributed by atoms with Gasteiger partial charge < -0.3 is 0 Å². The molecule has 0 amide bonds. The molecule has 0 radical (unpaired) electrons. The van der Waals surface area contributed by atoms with E-state index in [1.165, 1.54) is 12.1 Å². The molecule has 0 aliphatic heterocycles. The number of aryl methyl sites for hydroxylation is 1. The Morgan fingerprint density at radius 3 is 2.00 bits per heavy atom. The molecule has 7 heteroatoms. The van der Waals surface area contributed by atoms with Gasteiger partial charge in [0.05, 0.1) is 10.9 Å². The predicted octanol–water partition coefficient (Wildman–Crippen LogP) is 7.83. The van der Waals surface area contributed by atoms with Crippen LogP contribution < -0.4 is 0 Å². The van der Waals surface area contributed by atoms with Gasteiger partial charge in [0.1, 0.15) is 23.3 Å². The Hall–Kier alpha value is -3.79. The number of fused-ring (bicyclic) bond motifs is 1. The number of rotatable bonds is 3. The standard InChI is InChI=1S/C27H15F7/c1-2-3-14-4-6-18(20(28)9-14)16-11-21(29)19(22(30)12-16)7-5-15-8-17-13-24(32)26(33)27(34)25(17)23(31)10-15/h4,6,8-13H,2-3H2,1H3. The largest absolute Gasteiger partial charge is 0.206 e. The third kappa shape index (κ3) is 4.36. The molecular weight excluding hydrogens is 457 g/mol. The summed E-state index contributed by atoms with van der Waals surface area (Å²) in [7, 11) is 0. The molecule has 0 aromatic heterocycles. The molecule has 4 aromatic rings. The molecule has 0 aliphatic rings. The molecule has 0 bridgehead atoms. The maximum Gasteiger partial charge on any atom is 0.195 e. The van der Waals surface area contributed by atoms with E-state index in [9.17, 15) is 30.7 Å². The molecule has 0 aliphatic carbocycles. The summed E-state index contributed by atoms with van der Waals surface area (Å²) in [5.74, 6) is -4.42. The predicted molar refractivity (Wildman–Crippen MR) is 116 cm³/mol. The summed E-state index contributed by atoms with van der Waals surface area (Å²) in [6.07, 6.45) is 1.48. The average molecular weight is 472 g/mol. The van der Waals surface area contributed by atoms with Gasteiger partial charge in [-0.1, -0.05) is 37.3 Å². The lowest BCUT2D eigenvalue weighted by atomic mass is 9.99. The summed E-state index contributed by atoms with van der Waals surface area (Å²) in [4.78, 5) is 0. The second-order valence-corrected chi connectivity index (χ2v) is 7.67. The minimum Gasteiger partial charge on any atom is -0.206 e. The van der Waals surface area contributed by atoms with Crippen LogP contribution in [0, 0.1) is 52.6 Å². The van der Waals surface area contributed by atoms with Gasteiger partial charge in [0.15, 0.2) is 17.5 Å². The lowest BCUT2D eigenvalue weighted by molar-refractivity contribution is 0.451. The van der Waals surface area contributed by atoms with Crippen LogP contribution in [0.25, 0.3) is 21.9 Å². The zero-order chi connectivity index (χ0) is 24.6. The summed E-state index contributed by atoms with van der Waals surface area (Å²) in [6.45, 7) is 1.94. The zero-order valence-electron chi connectivity index (χ0n) is 17.7. The van der Waals surface area contributed by atoms with Crippen LogP contribution in [0.2, 0.25) is 0 Å². The summed E-state index contributed by atoms with van der Waals surface area (Å²) in [5, 5.41) is -1.07. The van der Waals surface area contributed by atoms with E-state index in [1.54, 1.807) is 6.07 Å². The van der Waals surface area contributed by atoms with Crippen molar-refractivity contribution in [3.63, 3.8) is 0 Å². The van der Waals surface area contributed by atoms with Gasteiger partial charge in [-0.15, -0.1) is 0 Å². The number of hydrogen-bond acceptors (Lipinski definition) is 0. The van der Waals surface area contributed by atoms with Crippen LogP contribution in [-0.4, -0.2) is 0 Å². The molecule has 0 nitrogen and oxygen atoms in total. The van der Waals surface area contributed by atoms with Crippen LogP contribution in [-0.2, 0) is 6.42 Å². The lowest BCUT2D eigenvalue weighted by Crippen LogP contribution is -1.96. The minimum absolute atomic E-state index is 0.0186. The Morgan fingerprint density at radius 1 is 0.647 bits per heavy atom.